The molecule has 2 aromatic heterocycles. The van der Waals surface area contributed by atoms with E-state index in [9.17, 15) is 14.0 Å². The van der Waals surface area contributed by atoms with Gasteiger partial charge < -0.3 is 15.8 Å². The summed E-state index contributed by atoms with van der Waals surface area (Å²) in [4.78, 5) is 32.0. The molecule has 0 aliphatic rings. The molecular weight excluding hydrogens is 379 g/mol. The lowest BCUT2D eigenvalue weighted by molar-refractivity contribution is -0.117. The van der Waals surface area contributed by atoms with Crippen molar-refractivity contribution >= 4 is 29.2 Å². The maximum atomic E-state index is 14.4. The summed E-state index contributed by atoms with van der Waals surface area (Å²) in [5, 5.41) is 5.18. The van der Waals surface area contributed by atoms with Crippen molar-refractivity contribution in [1.29, 1.82) is 0 Å². The predicted molar refractivity (Wildman–Crippen MR) is 106 cm³/mol. The Morgan fingerprint density at radius 3 is 2.62 bits per heavy atom. The summed E-state index contributed by atoms with van der Waals surface area (Å²) in [6.45, 7) is 5.03. The van der Waals surface area contributed by atoms with Crippen molar-refractivity contribution in [3.63, 3.8) is 0 Å². The minimum atomic E-state index is -0.698. The molecule has 1 unspecified atom stereocenters. The molecular formula is C19H21FN6O3. The molecule has 1 atom stereocenters. The molecule has 2 amide bonds. The van der Waals surface area contributed by atoms with Gasteiger partial charge in [-0.3, -0.25) is 14.5 Å². The molecule has 1 aromatic carbocycles. The molecule has 0 bridgehead atoms. The van der Waals surface area contributed by atoms with Gasteiger partial charge in [0.1, 0.15) is 5.82 Å². The first kappa shape index (κ1) is 20.2. The Hall–Kier alpha value is -3.53. The second-order valence-corrected chi connectivity index (χ2v) is 6.73. The van der Waals surface area contributed by atoms with Gasteiger partial charge in [-0.15, -0.1) is 0 Å². The molecule has 152 valence electrons. The second kappa shape index (κ2) is 8.23. The summed E-state index contributed by atoms with van der Waals surface area (Å²) < 4.78 is 20.9. The highest BCUT2D eigenvalue weighted by Gasteiger charge is 2.14. The number of hydrogen-bond donors (Lipinski definition) is 3. The fourth-order valence-corrected chi connectivity index (χ4v) is 2.50. The van der Waals surface area contributed by atoms with E-state index in [-0.39, 0.29) is 17.6 Å². The number of anilines is 2. The molecule has 0 saturated heterocycles. The monoisotopic (exact) mass is 400 g/mol. The summed E-state index contributed by atoms with van der Waals surface area (Å²) in [5.74, 6) is -0.582. The van der Waals surface area contributed by atoms with Crippen LogP contribution in [0.1, 0.15) is 20.8 Å². The van der Waals surface area contributed by atoms with Gasteiger partial charge in [0, 0.05) is 23.6 Å². The third-order valence-corrected chi connectivity index (χ3v) is 3.82. The second-order valence-electron chi connectivity index (χ2n) is 6.73. The number of rotatable bonds is 5. The van der Waals surface area contributed by atoms with E-state index >= 15 is 0 Å². The van der Waals surface area contributed by atoms with Gasteiger partial charge in [0.15, 0.2) is 0 Å². The molecule has 2 heterocycles. The van der Waals surface area contributed by atoms with E-state index in [1.807, 2.05) is 0 Å². The summed E-state index contributed by atoms with van der Waals surface area (Å²) in [7, 11) is 0. The van der Waals surface area contributed by atoms with Crippen LogP contribution in [-0.2, 0) is 9.53 Å². The first-order valence-electron chi connectivity index (χ1n) is 8.91. The van der Waals surface area contributed by atoms with Gasteiger partial charge in [-0.05, 0) is 39.0 Å². The fraction of sp³-hybridized carbons (Fsp3) is 0.263. The van der Waals surface area contributed by atoms with Gasteiger partial charge >= 0.3 is 6.09 Å². The highest BCUT2D eigenvalue weighted by molar-refractivity contribution is 5.95. The van der Waals surface area contributed by atoms with Crippen molar-refractivity contribution in [2.75, 3.05) is 10.6 Å². The minimum absolute atomic E-state index is 0.187. The van der Waals surface area contributed by atoms with Crippen LogP contribution < -0.4 is 16.4 Å². The molecule has 0 fully saturated rings. The Labute approximate surface area is 166 Å². The number of nitrogens with one attached hydrogen (secondary N) is 2. The standard InChI is InChI=1S/C19H21FN6O3/c1-10(2)29-19(28)24-13-7-22-18-25-16(9-26(18)8-13)14-6-12(4-5-15(14)20)23-17(27)11(3)21/h4-11H,21H2,1-3H3,(H,23,27)(H,24,28). The third-order valence-electron chi connectivity index (χ3n) is 3.82. The number of fused-ring (bicyclic) bond motifs is 1. The zero-order valence-corrected chi connectivity index (χ0v) is 16.1. The van der Waals surface area contributed by atoms with Gasteiger partial charge in [0.25, 0.3) is 0 Å². The van der Waals surface area contributed by atoms with Gasteiger partial charge in [-0.1, -0.05) is 0 Å². The predicted octanol–water partition coefficient (Wildman–Crippen LogP) is 2.78. The third kappa shape index (κ3) is 4.85. The van der Waals surface area contributed by atoms with Crippen molar-refractivity contribution in [2.24, 2.45) is 5.73 Å². The van der Waals surface area contributed by atoms with Crippen LogP contribution in [0.5, 0.6) is 0 Å². The molecule has 3 rings (SSSR count). The van der Waals surface area contributed by atoms with Gasteiger partial charge in [0.2, 0.25) is 11.7 Å². The zero-order chi connectivity index (χ0) is 21.1. The lowest BCUT2D eigenvalue weighted by atomic mass is 10.1. The van der Waals surface area contributed by atoms with E-state index < -0.39 is 18.0 Å². The fourth-order valence-electron chi connectivity index (χ4n) is 2.50. The largest absolute Gasteiger partial charge is 0.447 e. The number of carbonyl (C=O) groups is 2. The number of benzene rings is 1. The van der Waals surface area contributed by atoms with Gasteiger partial charge in [-0.25, -0.2) is 19.2 Å². The average Bonchev–Trinajstić information content (AvgIpc) is 3.05. The van der Waals surface area contributed by atoms with Crippen LogP contribution in [0.3, 0.4) is 0 Å². The molecule has 3 aromatic rings. The number of imidazole rings is 1. The Morgan fingerprint density at radius 1 is 1.17 bits per heavy atom. The van der Waals surface area contributed by atoms with Crippen molar-refractivity contribution in [3.05, 3.63) is 42.6 Å². The van der Waals surface area contributed by atoms with E-state index in [4.69, 9.17) is 10.5 Å². The number of carbonyl (C=O) groups excluding carboxylic acids is 2. The quantitative estimate of drug-likeness (QED) is 0.605. The summed E-state index contributed by atoms with van der Waals surface area (Å²) in [5.41, 5.74) is 6.83. The molecule has 29 heavy (non-hydrogen) atoms. The van der Waals surface area contributed by atoms with Crippen LogP contribution in [0, 0.1) is 5.82 Å². The Kier molecular flexibility index (Phi) is 5.74. The summed E-state index contributed by atoms with van der Waals surface area (Å²) in [6, 6.07) is 3.45. The van der Waals surface area contributed by atoms with Crippen LogP contribution in [-0.4, -0.2) is 38.5 Å². The molecule has 0 aliphatic heterocycles. The number of aromatic nitrogens is 3. The van der Waals surface area contributed by atoms with E-state index in [2.05, 4.69) is 20.6 Å². The van der Waals surface area contributed by atoms with Crippen LogP contribution in [0.4, 0.5) is 20.6 Å². The molecule has 9 nitrogen and oxygen atoms in total. The van der Waals surface area contributed by atoms with Crippen molar-refractivity contribution in [1.82, 2.24) is 14.4 Å². The summed E-state index contributed by atoms with van der Waals surface area (Å²) >= 11 is 0. The SMILES string of the molecule is CC(C)OC(=O)Nc1cnc2nc(-c3cc(NC(=O)C(C)N)ccc3F)cn2c1. The smallest absolute Gasteiger partial charge is 0.411 e. The van der Waals surface area contributed by atoms with Gasteiger partial charge in [0.05, 0.1) is 29.7 Å². The Balaban J connectivity index is 1.88. The number of nitrogens with two attached hydrogens (primary N) is 1. The average molecular weight is 400 g/mol. The van der Waals surface area contributed by atoms with Crippen LogP contribution in [0.2, 0.25) is 0 Å². The Morgan fingerprint density at radius 2 is 1.93 bits per heavy atom. The lowest BCUT2D eigenvalue weighted by Crippen LogP contribution is -2.32. The number of ether oxygens (including phenoxy) is 1. The number of halogens is 1. The minimum Gasteiger partial charge on any atom is -0.447 e. The lowest BCUT2D eigenvalue weighted by Gasteiger charge is -2.09. The molecule has 10 heteroatoms. The molecule has 0 saturated carbocycles. The highest BCUT2D eigenvalue weighted by Crippen LogP contribution is 2.26. The maximum absolute atomic E-state index is 14.4. The van der Waals surface area contributed by atoms with Crippen LogP contribution in [0.25, 0.3) is 17.0 Å². The van der Waals surface area contributed by atoms with Crippen LogP contribution >= 0.6 is 0 Å². The molecule has 0 spiro atoms. The van der Waals surface area contributed by atoms with E-state index in [1.165, 1.54) is 24.4 Å². The van der Waals surface area contributed by atoms with E-state index in [0.29, 0.717) is 22.8 Å². The number of amides is 2. The molecule has 4 N–H and O–H groups in total. The van der Waals surface area contributed by atoms with Crippen molar-refractivity contribution in [2.45, 2.75) is 32.9 Å². The normalized spacial score (nSPS) is 12.1. The topological polar surface area (TPSA) is 124 Å². The number of nitrogens with zero attached hydrogens (tertiary/aromatic N) is 3. The first-order valence-corrected chi connectivity index (χ1v) is 8.91. The van der Waals surface area contributed by atoms with Crippen molar-refractivity contribution in [3.8, 4) is 11.3 Å². The first-order chi connectivity index (χ1) is 13.7. The maximum Gasteiger partial charge on any atom is 0.411 e. The van der Waals surface area contributed by atoms with E-state index in [1.54, 1.807) is 37.6 Å². The zero-order valence-electron chi connectivity index (χ0n) is 16.1. The number of hydrogen-bond acceptors (Lipinski definition) is 6. The van der Waals surface area contributed by atoms with Gasteiger partial charge in [-0.2, -0.15) is 0 Å². The molecule has 0 aliphatic carbocycles. The van der Waals surface area contributed by atoms with E-state index in [0.717, 1.165) is 0 Å². The Bertz CT molecular complexity index is 1060. The highest BCUT2D eigenvalue weighted by atomic mass is 19.1. The van der Waals surface area contributed by atoms with Crippen LogP contribution in [0.15, 0.2) is 36.8 Å². The van der Waals surface area contributed by atoms with Crippen molar-refractivity contribution < 1.29 is 18.7 Å². The molecule has 0 radical (unpaired) electrons. The summed E-state index contributed by atoms with van der Waals surface area (Å²) in [6.07, 6.45) is 3.70.